The van der Waals surface area contributed by atoms with Crippen molar-refractivity contribution in [1.29, 1.82) is 0 Å². The van der Waals surface area contributed by atoms with Crippen LogP contribution in [0.3, 0.4) is 0 Å². The SMILES string of the molecule is CC[C@H](C)[C@H](NC(=O)[C@H](N)CC(C)C)C(=O)N[C@@H](CCC(=O)OCc1ccccc1)C(N)=O. The smallest absolute Gasteiger partial charge is 0.306 e. The fourth-order valence-electron chi connectivity index (χ4n) is 3.20. The molecule has 0 aliphatic rings. The number of ether oxygens (including phenoxy) is 1. The first-order chi connectivity index (χ1) is 15.5. The van der Waals surface area contributed by atoms with Crippen LogP contribution >= 0.6 is 0 Å². The lowest BCUT2D eigenvalue weighted by molar-refractivity contribution is -0.145. The van der Waals surface area contributed by atoms with E-state index in [1.165, 1.54) is 0 Å². The second-order valence-electron chi connectivity index (χ2n) is 8.76. The molecular weight excluding hydrogens is 424 g/mol. The summed E-state index contributed by atoms with van der Waals surface area (Å²) in [6.45, 7) is 7.73. The molecule has 0 saturated heterocycles. The van der Waals surface area contributed by atoms with E-state index < -0.39 is 41.8 Å². The van der Waals surface area contributed by atoms with Crippen LogP contribution in [0.1, 0.15) is 58.9 Å². The molecule has 0 aliphatic carbocycles. The molecule has 33 heavy (non-hydrogen) atoms. The number of rotatable bonds is 14. The number of carbonyl (C=O) groups excluding carboxylic acids is 4. The number of primary amides is 1. The summed E-state index contributed by atoms with van der Waals surface area (Å²) in [6, 6.07) is 6.50. The van der Waals surface area contributed by atoms with E-state index in [-0.39, 0.29) is 31.3 Å². The van der Waals surface area contributed by atoms with Gasteiger partial charge in [0.05, 0.1) is 6.04 Å². The summed E-state index contributed by atoms with van der Waals surface area (Å²) in [7, 11) is 0. The molecule has 1 aromatic rings. The Morgan fingerprint density at radius 2 is 1.64 bits per heavy atom. The summed E-state index contributed by atoms with van der Waals surface area (Å²) < 4.78 is 5.20. The monoisotopic (exact) mass is 462 g/mol. The number of hydrogen-bond acceptors (Lipinski definition) is 6. The molecule has 0 aliphatic heterocycles. The second kappa shape index (κ2) is 14.3. The van der Waals surface area contributed by atoms with Gasteiger partial charge in [-0.15, -0.1) is 0 Å². The van der Waals surface area contributed by atoms with E-state index in [9.17, 15) is 19.2 Å². The van der Waals surface area contributed by atoms with Crippen LogP contribution in [0.15, 0.2) is 30.3 Å². The van der Waals surface area contributed by atoms with Gasteiger partial charge < -0.3 is 26.8 Å². The standard InChI is InChI=1S/C24H38N4O5/c1-5-16(4)21(28-23(31)18(25)13-15(2)3)24(32)27-19(22(26)30)11-12-20(29)33-14-17-9-7-6-8-10-17/h6-10,15-16,18-19,21H,5,11-14,25H2,1-4H3,(H2,26,30)(H,27,32)(H,28,31)/t16-,18+,19-,21-/m0/s1. The van der Waals surface area contributed by atoms with E-state index >= 15 is 0 Å². The van der Waals surface area contributed by atoms with E-state index in [4.69, 9.17) is 16.2 Å². The molecule has 0 bridgehead atoms. The van der Waals surface area contributed by atoms with Crippen molar-refractivity contribution in [2.45, 2.75) is 78.1 Å². The van der Waals surface area contributed by atoms with Gasteiger partial charge in [-0.1, -0.05) is 64.4 Å². The van der Waals surface area contributed by atoms with Crippen LogP contribution in [0.5, 0.6) is 0 Å². The highest BCUT2D eigenvalue weighted by molar-refractivity contribution is 5.93. The molecule has 1 rings (SSSR count). The third kappa shape index (κ3) is 10.5. The van der Waals surface area contributed by atoms with Gasteiger partial charge in [-0.05, 0) is 30.2 Å². The molecular formula is C24H38N4O5. The number of carbonyl (C=O) groups is 4. The Labute approximate surface area is 196 Å². The average Bonchev–Trinajstić information content (AvgIpc) is 2.77. The molecule has 0 radical (unpaired) electrons. The zero-order chi connectivity index (χ0) is 25.0. The molecule has 3 amide bonds. The van der Waals surface area contributed by atoms with Gasteiger partial charge in [0.15, 0.2) is 0 Å². The quantitative estimate of drug-likeness (QED) is 0.306. The molecule has 9 nitrogen and oxygen atoms in total. The highest BCUT2D eigenvalue weighted by atomic mass is 16.5. The fraction of sp³-hybridized carbons (Fsp3) is 0.583. The second-order valence-corrected chi connectivity index (χ2v) is 8.76. The third-order valence-corrected chi connectivity index (χ3v) is 5.40. The molecule has 6 N–H and O–H groups in total. The van der Waals surface area contributed by atoms with Crippen molar-refractivity contribution in [2.75, 3.05) is 0 Å². The van der Waals surface area contributed by atoms with Gasteiger partial charge in [0.1, 0.15) is 18.7 Å². The summed E-state index contributed by atoms with van der Waals surface area (Å²) in [5.74, 6) is -2.23. The molecule has 0 saturated carbocycles. The van der Waals surface area contributed by atoms with Gasteiger partial charge in [-0.2, -0.15) is 0 Å². The molecule has 184 valence electrons. The lowest BCUT2D eigenvalue weighted by atomic mass is 9.96. The van der Waals surface area contributed by atoms with E-state index in [1.54, 1.807) is 0 Å². The van der Waals surface area contributed by atoms with Crippen molar-refractivity contribution in [3.63, 3.8) is 0 Å². The van der Waals surface area contributed by atoms with Crippen molar-refractivity contribution >= 4 is 23.7 Å². The zero-order valence-electron chi connectivity index (χ0n) is 20.0. The molecule has 0 heterocycles. The Kier molecular flexibility index (Phi) is 12.1. The maximum atomic E-state index is 12.9. The van der Waals surface area contributed by atoms with Crippen LogP contribution in [-0.4, -0.2) is 41.8 Å². The predicted molar refractivity (Wildman–Crippen MR) is 125 cm³/mol. The minimum atomic E-state index is -1.07. The predicted octanol–water partition coefficient (Wildman–Crippen LogP) is 1.38. The normalized spacial score (nSPS) is 14.6. The first-order valence-electron chi connectivity index (χ1n) is 11.4. The van der Waals surface area contributed by atoms with Gasteiger partial charge >= 0.3 is 5.97 Å². The van der Waals surface area contributed by atoms with Crippen LogP contribution in [0.4, 0.5) is 0 Å². The summed E-state index contributed by atoms with van der Waals surface area (Å²) >= 11 is 0. The van der Waals surface area contributed by atoms with E-state index in [2.05, 4.69) is 10.6 Å². The maximum absolute atomic E-state index is 12.9. The van der Waals surface area contributed by atoms with Crippen molar-refractivity contribution in [3.8, 4) is 0 Å². The Balaban J connectivity index is 2.69. The minimum Gasteiger partial charge on any atom is -0.461 e. The Morgan fingerprint density at radius 1 is 1.00 bits per heavy atom. The van der Waals surface area contributed by atoms with Crippen LogP contribution in [-0.2, 0) is 30.5 Å². The highest BCUT2D eigenvalue weighted by Gasteiger charge is 2.30. The van der Waals surface area contributed by atoms with E-state index in [0.29, 0.717) is 12.8 Å². The Bertz CT molecular complexity index is 784. The van der Waals surface area contributed by atoms with Gasteiger partial charge in [0.2, 0.25) is 17.7 Å². The van der Waals surface area contributed by atoms with E-state index in [0.717, 1.165) is 5.56 Å². The number of benzene rings is 1. The van der Waals surface area contributed by atoms with Crippen molar-refractivity contribution in [2.24, 2.45) is 23.3 Å². The third-order valence-electron chi connectivity index (χ3n) is 5.40. The van der Waals surface area contributed by atoms with Crippen molar-refractivity contribution in [3.05, 3.63) is 35.9 Å². The molecule has 0 unspecified atom stereocenters. The molecule has 9 heteroatoms. The largest absolute Gasteiger partial charge is 0.461 e. The highest BCUT2D eigenvalue weighted by Crippen LogP contribution is 2.11. The average molecular weight is 463 g/mol. The van der Waals surface area contributed by atoms with Gasteiger partial charge in [0.25, 0.3) is 0 Å². The Hall–Kier alpha value is -2.94. The first kappa shape index (κ1) is 28.1. The van der Waals surface area contributed by atoms with Crippen molar-refractivity contribution < 1.29 is 23.9 Å². The Morgan fingerprint density at radius 3 is 2.18 bits per heavy atom. The minimum absolute atomic E-state index is 0.0112. The van der Waals surface area contributed by atoms with Gasteiger partial charge in [-0.25, -0.2) is 0 Å². The lowest BCUT2D eigenvalue weighted by Gasteiger charge is -2.27. The molecule has 0 fully saturated rings. The van der Waals surface area contributed by atoms with Gasteiger partial charge in [0, 0.05) is 6.42 Å². The van der Waals surface area contributed by atoms with Crippen LogP contribution in [0, 0.1) is 11.8 Å². The molecule has 1 aromatic carbocycles. The summed E-state index contributed by atoms with van der Waals surface area (Å²) in [4.78, 5) is 49.3. The van der Waals surface area contributed by atoms with Crippen LogP contribution in [0.2, 0.25) is 0 Å². The molecule has 0 spiro atoms. The summed E-state index contributed by atoms with van der Waals surface area (Å²) in [5, 5.41) is 5.27. The van der Waals surface area contributed by atoms with Crippen LogP contribution < -0.4 is 22.1 Å². The lowest BCUT2D eigenvalue weighted by Crippen LogP contribution is -2.57. The summed E-state index contributed by atoms with van der Waals surface area (Å²) in [5.41, 5.74) is 12.2. The maximum Gasteiger partial charge on any atom is 0.306 e. The number of esters is 1. The van der Waals surface area contributed by atoms with Gasteiger partial charge in [-0.3, -0.25) is 19.2 Å². The topological polar surface area (TPSA) is 154 Å². The zero-order valence-corrected chi connectivity index (χ0v) is 20.0. The summed E-state index contributed by atoms with van der Waals surface area (Å²) in [6.07, 6.45) is 0.990. The molecule has 4 atom stereocenters. The van der Waals surface area contributed by atoms with Crippen LogP contribution in [0.25, 0.3) is 0 Å². The fourth-order valence-corrected chi connectivity index (χ4v) is 3.20. The number of nitrogens with two attached hydrogens (primary N) is 2. The van der Waals surface area contributed by atoms with E-state index in [1.807, 2.05) is 58.0 Å². The number of nitrogens with one attached hydrogen (secondary N) is 2. The first-order valence-corrected chi connectivity index (χ1v) is 11.4. The van der Waals surface area contributed by atoms with Crippen molar-refractivity contribution in [1.82, 2.24) is 10.6 Å². The number of amides is 3. The number of hydrogen-bond donors (Lipinski definition) is 4. The molecule has 0 aromatic heterocycles.